The van der Waals surface area contributed by atoms with Crippen LogP contribution in [0.3, 0.4) is 0 Å². The van der Waals surface area contributed by atoms with Crippen LogP contribution in [0, 0.1) is 20.8 Å². The van der Waals surface area contributed by atoms with E-state index in [0.29, 0.717) is 10.8 Å². The summed E-state index contributed by atoms with van der Waals surface area (Å²) in [4.78, 5) is 22.4. The Kier molecular flexibility index (Phi) is 9.84. The standard InChI is InChI=1S/C19H17ClN4OS.C9H21N3/c1-10-11(2)26-19-16(10)17(13-4-6-14(20)7-5-13)21-15(8-9-25)18-23-22-12(3)24(18)19;1-10-4-3-5-12-8-6-11(2)7-9-12/h4-7,9,15H,8H2,1-3H3;10H,3-9H2,1-2H3. The number of piperazine rings is 1. The number of aliphatic imine (C=N–C) groups is 1. The van der Waals surface area contributed by atoms with Crippen LogP contribution in [0.2, 0.25) is 5.02 Å². The molecule has 10 heteroatoms. The summed E-state index contributed by atoms with van der Waals surface area (Å²) in [6, 6.07) is 7.29. The first-order valence-electron chi connectivity index (χ1n) is 13.2. The Morgan fingerprint density at radius 1 is 1.11 bits per heavy atom. The number of carbonyl (C=O) groups is 1. The van der Waals surface area contributed by atoms with Crippen molar-refractivity contribution < 1.29 is 4.79 Å². The molecule has 8 nitrogen and oxygen atoms in total. The van der Waals surface area contributed by atoms with Gasteiger partial charge in [-0.05, 0) is 72.1 Å². The van der Waals surface area contributed by atoms with Gasteiger partial charge in [-0.3, -0.25) is 9.56 Å². The van der Waals surface area contributed by atoms with E-state index in [1.54, 1.807) is 11.3 Å². The number of benzene rings is 1. The predicted octanol–water partition coefficient (Wildman–Crippen LogP) is 4.23. The Morgan fingerprint density at radius 2 is 1.82 bits per heavy atom. The summed E-state index contributed by atoms with van der Waals surface area (Å²) in [6.45, 7) is 13.5. The van der Waals surface area contributed by atoms with Gasteiger partial charge in [-0.2, -0.15) is 0 Å². The number of nitrogens with one attached hydrogen (secondary N) is 1. The molecule has 1 aromatic carbocycles. The van der Waals surface area contributed by atoms with Crippen LogP contribution >= 0.6 is 22.9 Å². The van der Waals surface area contributed by atoms with Gasteiger partial charge < -0.3 is 19.9 Å². The van der Waals surface area contributed by atoms with Crippen LogP contribution in [-0.2, 0) is 4.79 Å². The topological polar surface area (TPSA) is 78.7 Å². The molecule has 1 unspecified atom stereocenters. The molecule has 0 saturated carbocycles. The Hall–Kier alpha value is -2.43. The number of halogens is 1. The van der Waals surface area contributed by atoms with Crippen LogP contribution in [0.5, 0.6) is 0 Å². The molecule has 2 aliphatic rings. The van der Waals surface area contributed by atoms with Gasteiger partial charge >= 0.3 is 0 Å². The summed E-state index contributed by atoms with van der Waals surface area (Å²) < 4.78 is 2.04. The summed E-state index contributed by atoms with van der Waals surface area (Å²) in [6.07, 6.45) is 2.43. The molecule has 0 radical (unpaired) electrons. The number of aromatic nitrogens is 3. The maximum atomic E-state index is 11.3. The second-order valence-corrected chi connectivity index (χ2v) is 11.5. The molecule has 4 heterocycles. The second-order valence-electron chi connectivity index (χ2n) is 9.91. The number of rotatable bonds is 7. The average Bonchev–Trinajstić information content (AvgIpc) is 3.38. The van der Waals surface area contributed by atoms with Gasteiger partial charge in [-0.15, -0.1) is 21.5 Å². The molecule has 1 fully saturated rings. The number of hydrogen-bond donors (Lipinski definition) is 1. The van der Waals surface area contributed by atoms with Crippen LogP contribution in [0.25, 0.3) is 5.00 Å². The maximum absolute atomic E-state index is 11.3. The molecular formula is C28H38ClN7OS. The number of aldehydes is 1. The number of nitrogens with zero attached hydrogens (tertiary/aromatic N) is 6. The van der Waals surface area contributed by atoms with Crippen LogP contribution in [-0.4, -0.2) is 89.9 Å². The quantitative estimate of drug-likeness (QED) is 0.347. The Balaban J connectivity index is 0.000000236. The molecule has 204 valence electrons. The summed E-state index contributed by atoms with van der Waals surface area (Å²) in [5, 5.41) is 13.5. The van der Waals surface area contributed by atoms with Gasteiger partial charge in [0, 0.05) is 53.6 Å². The fraction of sp³-hybridized carbons (Fsp3) is 0.500. The Morgan fingerprint density at radius 3 is 2.47 bits per heavy atom. The van der Waals surface area contributed by atoms with Gasteiger partial charge in [0.2, 0.25) is 0 Å². The maximum Gasteiger partial charge on any atom is 0.163 e. The molecule has 1 atom stereocenters. The first-order chi connectivity index (χ1) is 18.3. The van der Waals surface area contributed by atoms with E-state index in [0.717, 1.165) is 40.5 Å². The molecule has 3 aromatic rings. The van der Waals surface area contributed by atoms with E-state index in [-0.39, 0.29) is 12.5 Å². The zero-order chi connectivity index (χ0) is 27.2. The molecule has 0 aliphatic carbocycles. The van der Waals surface area contributed by atoms with Crippen molar-refractivity contribution in [2.24, 2.45) is 4.99 Å². The monoisotopic (exact) mass is 555 g/mol. The third-order valence-electron chi connectivity index (χ3n) is 7.17. The average molecular weight is 556 g/mol. The first kappa shape index (κ1) is 28.6. The molecule has 38 heavy (non-hydrogen) atoms. The molecule has 2 aliphatic heterocycles. The summed E-state index contributed by atoms with van der Waals surface area (Å²) in [5.74, 6) is 1.51. The van der Waals surface area contributed by atoms with Gasteiger partial charge in [0.1, 0.15) is 23.2 Å². The molecule has 0 amide bonds. The van der Waals surface area contributed by atoms with Crippen molar-refractivity contribution in [3.05, 3.63) is 62.5 Å². The van der Waals surface area contributed by atoms with E-state index < -0.39 is 0 Å². The van der Waals surface area contributed by atoms with Crippen molar-refractivity contribution >= 4 is 34.9 Å². The molecular weight excluding hydrogens is 518 g/mol. The third-order valence-corrected chi connectivity index (χ3v) is 8.62. The van der Waals surface area contributed by atoms with Gasteiger partial charge in [0.25, 0.3) is 0 Å². The van der Waals surface area contributed by atoms with Gasteiger partial charge in [0.05, 0.1) is 5.71 Å². The van der Waals surface area contributed by atoms with Crippen molar-refractivity contribution in [3.63, 3.8) is 0 Å². The van der Waals surface area contributed by atoms with E-state index in [1.807, 2.05) is 42.8 Å². The second kappa shape index (κ2) is 13.1. The zero-order valence-electron chi connectivity index (χ0n) is 23.0. The molecule has 1 N–H and O–H groups in total. The van der Waals surface area contributed by atoms with Crippen molar-refractivity contribution in [1.82, 2.24) is 29.9 Å². The SMILES string of the molecule is CNCCCN1CCN(C)CC1.Cc1sc2c(c1C)C(c1ccc(Cl)cc1)=NC(CC=O)c1nnc(C)n1-2. The van der Waals surface area contributed by atoms with E-state index in [1.165, 1.54) is 49.6 Å². The van der Waals surface area contributed by atoms with Crippen LogP contribution in [0.1, 0.15) is 52.1 Å². The van der Waals surface area contributed by atoms with Gasteiger partial charge in [-0.25, -0.2) is 0 Å². The van der Waals surface area contributed by atoms with E-state index in [9.17, 15) is 4.79 Å². The summed E-state index contributed by atoms with van der Waals surface area (Å²) in [7, 11) is 4.22. The number of thiophene rings is 1. The number of likely N-dealkylation sites (N-methyl/N-ethyl adjacent to an activating group) is 1. The Bertz CT molecular complexity index is 1260. The van der Waals surface area contributed by atoms with Crippen LogP contribution in [0.15, 0.2) is 29.3 Å². The van der Waals surface area contributed by atoms with Crippen molar-refractivity contribution in [1.29, 1.82) is 0 Å². The fourth-order valence-corrected chi connectivity index (χ4v) is 6.14. The highest BCUT2D eigenvalue weighted by Gasteiger charge is 2.31. The normalized spacial score (nSPS) is 17.6. The molecule has 2 aromatic heterocycles. The molecule has 0 bridgehead atoms. The molecule has 1 saturated heterocycles. The third kappa shape index (κ3) is 6.40. The smallest absolute Gasteiger partial charge is 0.163 e. The van der Waals surface area contributed by atoms with Gasteiger partial charge in [-0.1, -0.05) is 23.7 Å². The Labute approximate surface area is 234 Å². The number of fused-ring (bicyclic) bond motifs is 3. The molecule has 5 rings (SSSR count). The van der Waals surface area contributed by atoms with Crippen LogP contribution < -0.4 is 5.32 Å². The van der Waals surface area contributed by atoms with Crippen LogP contribution in [0.4, 0.5) is 0 Å². The lowest BCUT2D eigenvalue weighted by Gasteiger charge is -2.32. The van der Waals surface area contributed by atoms with Gasteiger partial charge in [0.15, 0.2) is 5.82 Å². The van der Waals surface area contributed by atoms with E-state index >= 15 is 0 Å². The minimum absolute atomic E-state index is 0.266. The number of hydrogen-bond acceptors (Lipinski definition) is 8. The lowest BCUT2D eigenvalue weighted by atomic mass is 10.00. The van der Waals surface area contributed by atoms with E-state index in [4.69, 9.17) is 16.6 Å². The highest BCUT2D eigenvalue weighted by molar-refractivity contribution is 7.15. The predicted molar refractivity (Wildman–Crippen MR) is 156 cm³/mol. The lowest BCUT2D eigenvalue weighted by Crippen LogP contribution is -2.45. The number of carbonyl (C=O) groups excluding carboxylic acids is 1. The highest BCUT2D eigenvalue weighted by atomic mass is 35.5. The summed E-state index contributed by atoms with van der Waals surface area (Å²) >= 11 is 7.77. The zero-order valence-corrected chi connectivity index (χ0v) is 24.6. The summed E-state index contributed by atoms with van der Waals surface area (Å²) in [5.41, 5.74) is 4.11. The van der Waals surface area contributed by atoms with Crippen molar-refractivity contribution in [2.45, 2.75) is 39.7 Å². The molecule has 0 spiro atoms. The van der Waals surface area contributed by atoms with Crippen molar-refractivity contribution in [2.75, 3.05) is 53.4 Å². The highest BCUT2D eigenvalue weighted by Crippen LogP contribution is 2.39. The minimum atomic E-state index is -0.362. The lowest BCUT2D eigenvalue weighted by molar-refractivity contribution is -0.108. The van der Waals surface area contributed by atoms with Crippen molar-refractivity contribution in [3.8, 4) is 5.00 Å². The minimum Gasteiger partial charge on any atom is -0.320 e. The first-order valence-corrected chi connectivity index (χ1v) is 14.4. The number of aryl methyl sites for hydroxylation is 2. The fourth-order valence-electron chi connectivity index (χ4n) is 4.80. The largest absolute Gasteiger partial charge is 0.320 e. The van der Waals surface area contributed by atoms with E-state index in [2.05, 4.69) is 46.2 Å².